The van der Waals surface area contributed by atoms with Crippen LogP contribution in [0.4, 0.5) is 5.69 Å². The highest BCUT2D eigenvalue weighted by molar-refractivity contribution is 8.00. The van der Waals surface area contributed by atoms with Gasteiger partial charge in [0.15, 0.2) is 0 Å². The summed E-state index contributed by atoms with van der Waals surface area (Å²) in [6.45, 7) is 1.41. The molecule has 3 aromatic rings. The number of carbonyl (C=O) groups is 1. The SMILES string of the molecule is O=C(CSc1ncnc2sccc12)Nc1cccc(S(=O)(=O)N2CCOCC2)c1. The topological polar surface area (TPSA) is 101 Å². The Morgan fingerprint density at radius 3 is 2.90 bits per heavy atom. The third-order valence-electron chi connectivity index (χ3n) is 4.29. The Bertz CT molecular complexity index is 1130. The van der Waals surface area contributed by atoms with E-state index in [-0.39, 0.29) is 16.6 Å². The Morgan fingerprint density at radius 1 is 1.24 bits per heavy atom. The first-order chi connectivity index (χ1) is 14.0. The number of thiophene rings is 1. The van der Waals surface area contributed by atoms with Crippen molar-refractivity contribution in [3.8, 4) is 0 Å². The van der Waals surface area contributed by atoms with Gasteiger partial charge in [0, 0.05) is 24.2 Å². The number of hydrogen-bond donors (Lipinski definition) is 1. The van der Waals surface area contributed by atoms with Gasteiger partial charge in [0.25, 0.3) is 0 Å². The zero-order valence-electron chi connectivity index (χ0n) is 15.3. The summed E-state index contributed by atoms with van der Waals surface area (Å²) in [7, 11) is -3.61. The Hall–Kier alpha value is -2.05. The number of sulfonamides is 1. The smallest absolute Gasteiger partial charge is 0.243 e. The second-order valence-electron chi connectivity index (χ2n) is 6.20. The van der Waals surface area contributed by atoms with E-state index in [1.807, 2.05) is 11.4 Å². The molecular weight excluding hydrogens is 432 g/mol. The van der Waals surface area contributed by atoms with Crippen LogP contribution in [0.3, 0.4) is 0 Å². The minimum atomic E-state index is -3.61. The molecule has 0 atom stereocenters. The van der Waals surface area contributed by atoms with E-state index in [4.69, 9.17) is 4.74 Å². The lowest BCUT2D eigenvalue weighted by molar-refractivity contribution is -0.113. The molecule has 152 valence electrons. The molecule has 2 aromatic heterocycles. The number of anilines is 1. The number of carbonyl (C=O) groups excluding carboxylic acids is 1. The Morgan fingerprint density at radius 2 is 2.07 bits per heavy atom. The molecule has 8 nitrogen and oxygen atoms in total. The van der Waals surface area contributed by atoms with Crippen LogP contribution in [0.5, 0.6) is 0 Å². The minimum Gasteiger partial charge on any atom is -0.379 e. The number of rotatable bonds is 6. The van der Waals surface area contributed by atoms with Gasteiger partial charge in [-0.1, -0.05) is 17.8 Å². The quantitative estimate of drug-likeness (QED) is 0.455. The van der Waals surface area contributed by atoms with E-state index >= 15 is 0 Å². The van der Waals surface area contributed by atoms with E-state index in [0.29, 0.717) is 32.0 Å². The number of benzene rings is 1. The summed E-state index contributed by atoms with van der Waals surface area (Å²) in [5.74, 6) is -0.0829. The van der Waals surface area contributed by atoms with Gasteiger partial charge >= 0.3 is 0 Å². The summed E-state index contributed by atoms with van der Waals surface area (Å²) >= 11 is 2.84. The molecule has 0 aliphatic carbocycles. The van der Waals surface area contributed by atoms with Gasteiger partial charge in [-0.05, 0) is 29.6 Å². The molecule has 0 radical (unpaired) electrons. The van der Waals surface area contributed by atoms with Gasteiger partial charge in [-0.15, -0.1) is 11.3 Å². The summed E-state index contributed by atoms with van der Waals surface area (Å²) < 4.78 is 32.2. The fourth-order valence-corrected chi connectivity index (χ4v) is 5.92. The Labute approximate surface area is 176 Å². The molecule has 0 saturated carbocycles. The Kier molecular flexibility index (Phi) is 6.11. The highest BCUT2D eigenvalue weighted by Crippen LogP contribution is 2.28. The van der Waals surface area contributed by atoms with Crippen LogP contribution >= 0.6 is 23.1 Å². The lowest BCUT2D eigenvalue weighted by Gasteiger charge is -2.26. The summed E-state index contributed by atoms with van der Waals surface area (Å²) in [5, 5.41) is 6.37. The molecule has 1 aromatic carbocycles. The maximum absolute atomic E-state index is 12.8. The minimum absolute atomic E-state index is 0.153. The van der Waals surface area contributed by atoms with Gasteiger partial charge in [0.05, 0.1) is 23.9 Å². The summed E-state index contributed by atoms with van der Waals surface area (Å²) in [4.78, 5) is 21.8. The molecule has 29 heavy (non-hydrogen) atoms. The van der Waals surface area contributed by atoms with Gasteiger partial charge in [-0.2, -0.15) is 4.31 Å². The van der Waals surface area contributed by atoms with Crippen molar-refractivity contribution in [2.75, 3.05) is 37.4 Å². The number of morpholine rings is 1. The molecule has 4 rings (SSSR count). The normalized spacial score (nSPS) is 15.4. The molecule has 1 aliphatic heterocycles. The molecule has 0 spiro atoms. The van der Waals surface area contributed by atoms with Crippen LogP contribution in [-0.4, -0.2) is 60.7 Å². The van der Waals surface area contributed by atoms with E-state index < -0.39 is 10.0 Å². The molecule has 1 fully saturated rings. The molecular formula is C18H18N4O4S3. The highest BCUT2D eigenvalue weighted by atomic mass is 32.2. The summed E-state index contributed by atoms with van der Waals surface area (Å²) in [5.41, 5.74) is 0.438. The predicted octanol–water partition coefficient (Wildman–Crippen LogP) is 2.44. The average molecular weight is 451 g/mol. The molecule has 1 saturated heterocycles. The monoisotopic (exact) mass is 450 g/mol. The first-order valence-corrected chi connectivity index (χ1v) is 12.1. The Balaban J connectivity index is 1.42. The van der Waals surface area contributed by atoms with Crippen molar-refractivity contribution < 1.29 is 17.9 Å². The number of hydrogen-bond acceptors (Lipinski definition) is 8. The van der Waals surface area contributed by atoms with E-state index in [2.05, 4.69) is 15.3 Å². The van der Waals surface area contributed by atoms with Crippen molar-refractivity contribution in [3.63, 3.8) is 0 Å². The molecule has 1 aliphatic rings. The third kappa shape index (κ3) is 4.59. The van der Waals surface area contributed by atoms with Gasteiger partial charge in [-0.25, -0.2) is 18.4 Å². The molecule has 3 heterocycles. The number of ether oxygens (including phenoxy) is 1. The van der Waals surface area contributed by atoms with Crippen molar-refractivity contribution in [2.45, 2.75) is 9.92 Å². The van der Waals surface area contributed by atoms with Crippen LogP contribution in [0.2, 0.25) is 0 Å². The van der Waals surface area contributed by atoms with E-state index in [9.17, 15) is 13.2 Å². The second-order valence-corrected chi connectivity index (χ2v) is 10.00. The molecule has 11 heteroatoms. The van der Waals surface area contributed by atoms with Crippen molar-refractivity contribution in [2.24, 2.45) is 0 Å². The van der Waals surface area contributed by atoms with Crippen LogP contribution in [0.25, 0.3) is 10.2 Å². The van der Waals surface area contributed by atoms with E-state index in [1.54, 1.807) is 12.1 Å². The standard InChI is InChI=1S/C18H18N4O4S3/c23-16(11-28-18-15-4-9-27-17(15)19-12-20-18)21-13-2-1-3-14(10-13)29(24,25)22-5-7-26-8-6-22/h1-4,9-10,12H,5-8,11H2,(H,21,23). The third-order valence-corrected chi connectivity index (χ3v) is 8.01. The summed E-state index contributed by atoms with van der Waals surface area (Å²) in [6, 6.07) is 8.23. The van der Waals surface area contributed by atoms with E-state index in [1.165, 1.54) is 45.9 Å². The van der Waals surface area contributed by atoms with Crippen LogP contribution in [0.15, 0.2) is 52.0 Å². The molecule has 0 bridgehead atoms. The van der Waals surface area contributed by atoms with Crippen molar-refractivity contribution in [1.82, 2.24) is 14.3 Å². The number of thioether (sulfide) groups is 1. The van der Waals surface area contributed by atoms with Crippen LogP contribution in [0.1, 0.15) is 0 Å². The van der Waals surface area contributed by atoms with Gasteiger partial charge in [0.1, 0.15) is 16.2 Å². The average Bonchev–Trinajstić information content (AvgIpc) is 3.22. The lowest BCUT2D eigenvalue weighted by Crippen LogP contribution is -2.40. The van der Waals surface area contributed by atoms with Crippen LogP contribution < -0.4 is 5.32 Å². The van der Waals surface area contributed by atoms with Crippen molar-refractivity contribution >= 4 is 54.9 Å². The number of aromatic nitrogens is 2. The number of nitrogens with one attached hydrogen (secondary N) is 1. The van der Waals surface area contributed by atoms with Gasteiger partial charge in [-0.3, -0.25) is 4.79 Å². The van der Waals surface area contributed by atoms with Crippen LogP contribution in [-0.2, 0) is 19.6 Å². The van der Waals surface area contributed by atoms with Gasteiger partial charge in [0.2, 0.25) is 15.9 Å². The first kappa shape index (κ1) is 20.2. The molecule has 0 unspecified atom stereocenters. The summed E-state index contributed by atoms with van der Waals surface area (Å²) in [6.07, 6.45) is 1.49. The zero-order valence-corrected chi connectivity index (χ0v) is 17.7. The fraction of sp³-hybridized carbons (Fsp3) is 0.278. The van der Waals surface area contributed by atoms with E-state index in [0.717, 1.165) is 15.2 Å². The largest absolute Gasteiger partial charge is 0.379 e. The highest BCUT2D eigenvalue weighted by Gasteiger charge is 2.26. The number of amides is 1. The fourth-order valence-electron chi connectivity index (χ4n) is 2.88. The van der Waals surface area contributed by atoms with Crippen molar-refractivity contribution in [3.05, 3.63) is 42.0 Å². The molecule has 1 N–H and O–H groups in total. The molecule has 1 amide bonds. The van der Waals surface area contributed by atoms with Gasteiger partial charge < -0.3 is 10.1 Å². The second kappa shape index (κ2) is 8.76. The zero-order chi connectivity index (χ0) is 20.3. The number of nitrogens with zero attached hydrogens (tertiary/aromatic N) is 3. The lowest BCUT2D eigenvalue weighted by atomic mass is 10.3. The predicted molar refractivity (Wildman–Crippen MR) is 113 cm³/mol. The number of fused-ring (bicyclic) bond motifs is 1. The maximum Gasteiger partial charge on any atom is 0.243 e. The maximum atomic E-state index is 12.8. The first-order valence-electron chi connectivity index (χ1n) is 8.83. The van der Waals surface area contributed by atoms with Crippen LogP contribution in [0, 0.1) is 0 Å². The van der Waals surface area contributed by atoms with Crippen molar-refractivity contribution in [1.29, 1.82) is 0 Å².